The lowest BCUT2D eigenvalue weighted by Gasteiger charge is -2.15. The Balaban J connectivity index is 2.33. The molecule has 0 radical (unpaired) electrons. The molecule has 0 saturated carbocycles. The predicted octanol–water partition coefficient (Wildman–Crippen LogP) is 3.68. The number of nitrogens with zero attached hydrogens (tertiary/aromatic N) is 1. The molecule has 2 nitrogen and oxygen atoms in total. The molecule has 0 amide bonds. The second-order valence-corrected chi connectivity index (χ2v) is 4.22. The number of nitrogens with one attached hydrogen (secondary N) is 1. The van der Waals surface area contributed by atoms with E-state index in [4.69, 9.17) is 16.9 Å². The normalized spacial score (nSPS) is 12.1. The fourth-order valence-electron chi connectivity index (χ4n) is 1.58. The summed E-state index contributed by atoms with van der Waals surface area (Å²) in [6.45, 7) is 3.03. The SMILES string of the molecule is C[C@@H](NCCCCC#N)c1ccccc1Cl. The van der Waals surface area contributed by atoms with E-state index < -0.39 is 0 Å². The molecule has 1 aromatic rings. The zero-order valence-corrected chi connectivity index (χ0v) is 10.3. The van der Waals surface area contributed by atoms with Gasteiger partial charge in [0.05, 0.1) is 6.07 Å². The second-order valence-electron chi connectivity index (χ2n) is 3.81. The molecule has 0 aliphatic rings. The van der Waals surface area contributed by atoms with Crippen molar-refractivity contribution in [3.63, 3.8) is 0 Å². The molecule has 0 saturated heterocycles. The molecule has 0 aromatic heterocycles. The van der Waals surface area contributed by atoms with E-state index >= 15 is 0 Å². The minimum absolute atomic E-state index is 0.260. The highest BCUT2D eigenvalue weighted by molar-refractivity contribution is 6.31. The molecular weight excluding hydrogens is 220 g/mol. The summed E-state index contributed by atoms with van der Waals surface area (Å²) in [5.41, 5.74) is 1.13. The summed E-state index contributed by atoms with van der Waals surface area (Å²) in [4.78, 5) is 0. The van der Waals surface area contributed by atoms with Crippen molar-refractivity contribution in [2.45, 2.75) is 32.2 Å². The molecule has 0 aliphatic carbocycles. The highest BCUT2D eigenvalue weighted by Crippen LogP contribution is 2.21. The van der Waals surface area contributed by atoms with Gasteiger partial charge < -0.3 is 5.32 Å². The Morgan fingerprint density at radius 3 is 2.81 bits per heavy atom. The molecule has 1 N–H and O–H groups in total. The van der Waals surface area contributed by atoms with Crippen LogP contribution in [0.1, 0.15) is 37.8 Å². The van der Waals surface area contributed by atoms with Crippen molar-refractivity contribution in [3.8, 4) is 6.07 Å². The Morgan fingerprint density at radius 2 is 2.12 bits per heavy atom. The van der Waals surface area contributed by atoms with Crippen LogP contribution in [-0.4, -0.2) is 6.54 Å². The van der Waals surface area contributed by atoms with Crippen LogP contribution in [-0.2, 0) is 0 Å². The summed E-state index contributed by atoms with van der Waals surface area (Å²) in [6, 6.07) is 10.3. The van der Waals surface area contributed by atoms with Crippen LogP contribution in [0.4, 0.5) is 0 Å². The summed E-state index contributed by atoms with van der Waals surface area (Å²) in [5, 5.41) is 12.6. The van der Waals surface area contributed by atoms with Gasteiger partial charge in [0.15, 0.2) is 0 Å². The quantitative estimate of drug-likeness (QED) is 0.765. The van der Waals surface area contributed by atoms with Crippen molar-refractivity contribution >= 4 is 11.6 Å². The van der Waals surface area contributed by atoms with Crippen molar-refractivity contribution in [3.05, 3.63) is 34.9 Å². The number of hydrogen-bond acceptors (Lipinski definition) is 2. The van der Waals surface area contributed by atoms with Crippen LogP contribution in [0, 0.1) is 11.3 Å². The minimum Gasteiger partial charge on any atom is -0.310 e. The van der Waals surface area contributed by atoms with Gasteiger partial charge in [0.25, 0.3) is 0 Å². The number of rotatable bonds is 6. The van der Waals surface area contributed by atoms with Crippen LogP contribution in [0.2, 0.25) is 5.02 Å². The summed E-state index contributed by atoms with van der Waals surface area (Å²) in [6.07, 6.45) is 2.63. The highest BCUT2D eigenvalue weighted by atomic mass is 35.5. The van der Waals surface area contributed by atoms with Gasteiger partial charge in [-0.2, -0.15) is 5.26 Å². The number of unbranched alkanes of at least 4 members (excludes halogenated alkanes) is 2. The van der Waals surface area contributed by atoms with Crippen LogP contribution < -0.4 is 5.32 Å². The molecule has 16 heavy (non-hydrogen) atoms. The fourth-order valence-corrected chi connectivity index (χ4v) is 1.88. The average Bonchev–Trinajstić information content (AvgIpc) is 2.29. The first-order chi connectivity index (χ1) is 7.75. The zero-order valence-electron chi connectivity index (χ0n) is 9.54. The Morgan fingerprint density at radius 1 is 1.38 bits per heavy atom. The summed E-state index contributed by atoms with van der Waals surface area (Å²) < 4.78 is 0. The van der Waals surface area contributed by atoms with Gasteiger partial charge in [0.2, 0.25) is 0 Å². The first-order valence-electron chi connectivity index (χ1n) is 5.60. The smallest absolute Gasteiger partial charge is 0.0621 e. The third-order valence-corrected chi connectivity index (χ3v) is 2.88. The molecule has 0 aliphatic heterocycles. The Labute approximate surface area is 102 Å². The molecule has 3 heteroatoms. The largest absolute Gasteiger partial charge is 0.310 e. The fraction of sp³-hybridized carbons (Fsp3) is 0.462. The maximum atomic E-state index is 8.40. The van der Waals surface area contributed by atoms with Crippen LogP contribution in [0.3, 0.4) is 0 Å². The van der Waals surface area contributed by atoms with Gasteiger partial charge in [-0.05, 0) is 37.9 Å². The first kappa shape index (κ1) is 13.0. The van der Waals surface area contributed by atoms with Crippen molar-refractivity contribution < 1.29 is 0 Å². The molecule has 0 unspecified atom stereocenters. The van der Waals surface area contributed by atoms with E-state index in [1.54, 1.807) is 0 Å². The van der Waals surface area contributed by atoms with E-state index in [1.807, 2.05) is 24.3 Å². The van der Waals surface area contributed by atoms with Crippen LogP contribution in [0.15, 0.2) is 24.3 Å². The number of halogens is 1. The maximum Gasteiger partial charge on any atom is 0.0621 e. The lowest BCUT2D eigenvalue weighted by atomic mass is 10.1. The van der Waals surface area contributed by atoms with Crippen LogP contribution in [0.5, 0.6) is 0 Å². The monoisotopic (exact) mass is 236 g/mol. The first-order valence-corrected chi connectivity index (χ1v) is 5.98. The van der Waals surface area contributed by atoms with E-state index in [1.165, 1.54) is 0 Å². The molecule has 1 rings (SSSR count). The molecular formula is C13H17ClN2. The van der Waals surface area contributed by atoms with Crippen molar-refractivity contribution in [2.24, 2.45) is 0 Å². The van der Waals surface area contributed by atoms with E-state index in [-0.39, 0.29) is 6.04 Å². The Bertz CT molecular complexity index is 357. The molecule has 0 spiro atoms. The third-order valence-electron chi connectivity index (χ3n) is 2.54. The maximum absolute atomic E-state index is 8.40. The Hall–Kier alpha value is -1.04. The van der Waals surface area contributed by atoms with Gasteiger partial charge in [-0.3, -0.25) is 0 Å². The van der Waals surface area contributed by atoms with E-state index in [0.29, 0.717) is 6.42 Å². The molecule has 1 atom stereocenters. The van der Waals surface area contributed by atoms with Crippen LogP contribution >= 0.6 is 11.6 Å². The highest BCUT2D eigenvalue weighted by Gasteiger charge is 2.07. The summed E-state index contributed by atoms with van der Waals surface area (Å²) >= 11 is 6.10. The van der Waals surface area contributed by atoms with Gasteiger partial charge >= 0.3 is 0 Å². The van der Waals surface area contributed by atoms with Crippen LogP contribution in [0.25, 0.3) is 0 Å². The van der Waals surface area contributed by atoms with Gasteiger partial charge in [-0.25, -0.2) is 0 Å². The van der Waals surface area contributed by atoms with E-state index in [2.05, 4.69) is 18.3 Å². The summed E-state index contributed by atoms with van der Waals surface area (Å²) in [7, 11) is 0. The molecule has 0 heterocycles. The Kier molecular flexibility index (Phi) is 5.92. The van der Waals surface area contributed by atoms with Gasteiger partial charge in [0, 0.05) is 17.5 Å². The number of hydrogen-bond donors (Lipinski definition) is 1. The van der Waals surface area contributed by atoms with Crippen molar-refractivity contribution in [1.29, 1.82) is 5.26 Å². The van der Waals surface area contributed by atoms with E-state index in [9.17, 15) is 0 Å². The minimum atomic E-state index is 0.260. The third kappa shape index (κ3) is 4.22. The lowest BCUT2D eigenvalue weighted by Crippen LogP contribution is -2.20. The number of nitriles is 1. The van der Waals surface area contributed by atoms with Crippen molar-refractivity contribution in [1.82, 2.24) is 5.32 Å². The predicted molar refractivity (Wildman–Crippen MR) is 67.3 cm³/mol. The topological polar surface area (TPSA) is 35.8 Å². The number of benzene rings is 1. The van der Waals surface area contributed by atoms with Crippen molar-refractivity contribution in [2.75, 3.05) is 6.54 Å². The molecule has 86 valence electrons. The lowest BCUT2D eigenvalue weighted by molar-refractivity contribution is 0.549. The molecule has 1 aromatic carbocycles. The molecule has 0 fully saturated rings. The van der Waals surface area contributed by atoms with Gasteiger partial charge in [0.1, 0.15) is 0 Å². The van der Waals surface area contributed by atoms with Gasteiger partial charge in [-0.1, -0.05) is 29.8 Å². The van der Waals surface area contributed by atoms with Gasteiger partial charge in [-0.15, -0.1) is 0 Å². The second kappa shape index (κ2) is 7.27. The van der Waals surface area contributed by atoms with E-state index in [0.717, 1.165) is 30.0 Å². The standard InChI is InChI=1S/C13H17ClN2/c1-11(16-10-6-2-5-9-15)12-7-3-4-8-13(12)14/h3-4,7-8,11,16H,2,5-6,10H2,1H3/t11-/m1/s1. The summed E-state index contributed by atoms with van der Waals surface area (Å²) in [5.74, 6) is 0. The molecule has 0 bridgehead atoms. The average molecular weight is 237 g/mol. The zero-order chi connectivity index (χ0) is 11.8.